The van der Waals surface area contributed by atoms with Gasteiger partial charge < -0.3 is 0 Å². The van der Waals surface area contributed by atoms with E-state index in [4.69, 9.17) is 0 Å². The zero-order valence-corrected chi connectivity index (χ0v) is 6.56. The molecule has 0 amide bonds. The Morgan fingerprint density at radius 3 is 1.33 bits per heavy atom. The second kappa shape index (κ2) is 3.18. The molecule has 11 heteroatoms. The van der Waals surface area contributed by atoms with Crippen LogP contribution in [0.2, 0.25) is 0 Å². The van der Waals surface area contributed by atoms with Crippen molar-refractivity contribution in [1.82, 2.24) is 0 Å². The Morgan fingerprint density at radius 1 is 0.917 bits per heavy atom. The smallest absolute Gasteiger partial charge is 0.286 e. The number of hydrogen-bond donors (Lipinski definition) is 0. The average Bonchev–Trinajstić information content (AvgIpc) is 1.49. The quantitative estimate of drug-likeness (QED) is 0.588. The molecule has 0 aromatic rings. The van der Waals surface area contributed by atoms with Crippen molar-refractivity contribution in [2.75, 3.05) is 0 Å². The predicted octanol–water partition coefficient (Wildman–Crippen LogP) is -0.432. The molecule has 0 rings (SSSR count). The minimum absolute atomic E-state index is 2.54. The first-order chi connectivity index (χ1) is 5.10. The van der Waals surface area contributed by atoms with E-state index < -0.39 is 27.2 Å². The molecule has 7 nitrogen and oxygen atoms in total. The van der Waals surface area contributed by atoms with Crippen LogP contribution in [-0.4, -0.2) is 23.0 Å². The van der Waals surface area contributed by atoms with E-state index in [9.17, 15) is 29.4 Å². The summed E-state index contributed by atoms with van der Waals surface area (Å²) in [5, 5.41) is 0. The number of halogens is 2. The maximum atomic E-state index is 11.3. The van der Waals surface area contributed by atoms with Crippen LogP contribution < -0.4 is 0 Å². The van der Waals surface area contributed by atoms with Crippen LogP contribution in [0.25, 0.3) is 0 Å². The summed E-state index contributed by atoms with van der Waals surface area (Å²) in [6.07, 6.45) is -2.54. The Labute approximate surface area is 65.7 Å². The van der Waals surface area contributed by atoms with Gasteiger partial charge in [-0.25, -0.2) is 4.79 Å². The fourth-order valence-corrected chi connectivity index (χ4v) is 0.613. The summed E-state index contributed by atoms with van der Waals surface area (Å²) in [4.78, 5) is 9.79. The molecule has 72 valence electrons. The fourth-order valence-electron chi connectivity index (χ4n) is 0.176. The molecule has 0 radical (unpaired) electrons. The first kappa shape index (κ1) is 11.0. The molecule has 0 bridgehead atoms. The van der Waals surface area contributed by atoms with Crippen molar-refractivity contribution in [1.29, 1.82) is 0 Å². The number of rotatable bonds is 2. The summed E-state index contributed by atoms with van der Waals surface area (Å²) in [7, 11) is -11.4. The number of carbonyl (C=O) groups is 1. The molecule has 0 aromatic carbocycles. The molecule has 0 aliphatic heterocycles. The third-order valence-electron chi connectivity index (χ3n) is 0.335. The Bertz CT molecular complexity index is 326. The zero-order valence-electron chi connectivity index (χ0n) is 4.93. The minimum Gasteiger partial charge on any atom is -0.286 e. The van der Waals surface area contributed by atoms with Crippen LogP contribution in [0.4, 0.5) is 12.6 Å². The topological polar surface area (TPSA) is 104 Å². The van der Waals surface area contributed by atoms with Crippen molar-refractivity contribution < 1.29 is 37.8 Å². The lowest BCUT2D eigenvalue weighted by Crippen LogP contribution is -2.13. The molecule has 0 saturated carbocycles. The summed E-state index contributed by atoms with van der Waals surface area (Å²) in [6, 6.07) is 0. The van der Waals surface area contributed by atoms with Crippen LogP contribution in [0.1, 0.15) is 0 Å². The Hall–Kier alpha value is -0.970. The van der Waals surface area contributed by atoms with Gasteiger partial charge >= 0.3 is 27.2 Å². The van der Waals surface area contributed by atoms with E-state index in [0.717, 1.165) is 0 Å². The molecule has 0 aliphatic carbocycles. The van der Waals surface area contributed by atoms with E-state index >= 15 is 0 Å². The SMILES string of the molecule is O=C(OS(=O)(=O)F)OS(=O)(=O)F. The van der Waals surface area contributed by atoms with Crippen LogP contribution in [0, 0.1) is 0 Å². The van der Waals surface area contributed by atoms with Gasteiger partial charge in [0.2, 0.25) is 0 Å². The Balaban J connectivity index is 4.30. The highest BCUT2D eigenvalue weighted by Crippen LogP contribution is 2.01. The molecule has 0 fully saturated rings. The lowest BCUT2D eigenvalue weighted by atomic mass is 11.5. The van der Waals surface area contributed by atoms with Gasteiger partial charge in [0, 0.05) is 0 Å². The van der Waals surface area contributed by atoms with Crippen molar-refractivity contribution in [3.05, 3.63) is 0 Å². The summed E-state index contributed by atoms with van der Waals surface area (Å²) in [5.41, 5.74) is 0. The third kappa shape index (κ3) is 7.14. The van der Waals surface area contributed by atoms with Crippen molar-refractivity contribution in [3.8, 4) is 0 Å². The van der Waals surface area contributed by atoms with E-state index in [1.807, 2.05) is 0 Å². The van der Waals surface area contributed by atoms with Gasteiger partial charge in [0.15, 0.2) is 0 Å². The maximum Gasteiger partial charge on any atom is 0.543 e. The fraction of sp³-hybridized carbons (Fsp3) is 0. The molecular weight excluding hydrogens is 226 g/mol. The lowest BCUT2D eigenvalue weighted by Gasteiger charge is -1.94. The van der Waals surface area contributed by atoms with Crippen LogP contribution in [0.15, 0.2) is 0 Å². The van der Waals surface area contributed by atoms with Gasteiger partial charge in [0.1, 0.15) is 0 Å². The molecule has 0 atom stereocenters. The maximum absolute atomic E-state index is 11.3. The molecule has 0 N–H and O–H groups in total. The zero-order chi connectivity index (χ0) is 9.99. The van der Waals surface area contributed by atoms with Crippen LogP contribution >= 0.6 is 0 Å². The van der Waals surface area contributed by atoms with Gasteiger partial charge in [-0.15, -0.1) is 0 Å². The van der Waals surface area contributed by atoms with Gasteiger partial charge in [-0.2, -0.15) is 16.8 Å². The van der Waals surface area contributed by atoms with Crippen molar-refractivity contribution >= 4 is 27.2 Å². The number of hydrogen-bond acceptors (Lipinski definition) is 7. The van der Waals surface area contributed by atoms with Crippen LogP contribution in [-0.2, 0) is 29.4 Å². The molecule has 0 heterocycles. The molecular formula is CF2O7S2. The summed E-state index contributed by atoms with van der Waals surface area (Å²) in [5.74, 6) is 0. The predicted molar refractivity (Wildman–Crippen MR) is 27.6 cm³/mol. The summed E-state index contributed by atoms with van der Waals surface area (Å²) < 4.78 is 65.7. The van der Waals surface area contributed by atoms with E-state index in [1.165, 1.54) is 0 Å². The van der Waals surface area contributed by atoms with Crippen molar-refractivity contribution in [3.63, 3.8) is 0 Å². The van der Waals surface area contributed by atoms with Crippen molar-refractivity contribution in [2.24, 2.45) is 0 Å². The highest BCUT2D eigenvalue weighted by molar-refractivity contribution is 7.82. The first-order valence-corrected chi connectivity index (χ1v) is 4.54. The van der Waals surface area contributed by atoms with Gasteiger partial charge in [-0.05, 0) is 0 Å². The molecule has 0 spiro atoms. The normalized spacial score (nSPS) is 12.2. The molecule has 0 aliphatic rings. The van der Waals surface area contributed by atoms with Gasteiger partial charge in [-0.1, -0.05) is 7.77 Å². The highest BCUT2D eigenvalue weighted by Gasteiger charge is 2.23. The van der Waals surface area contributed by atoms with E-state index in [1.54, 1.807) is 0 Å². The van der Waals surface area contributed by atoms with Gasteiger partial charge in [0.25, 0.3) is 0 Å². The largest absolute Gasteiger partial charge is 0.543 e. The first-order valence-electron chi connectivity index (χ1n) is 1.92. The third-order valence-corrected chi connectivity index (χ3v) is 1.01. The van der Waals surface area contributed by atoms with E-state index in [-0.39, 0.29) is 0 Å². The molecule has 12 heavy (non-hydrogen) atoms. The van der Waals surface area contributed by atoms with Crippen LogP contribution in [0.5, 0.6) is 0 Å². The second-order valence-corrected chi connectivity index (χ2v) is 3.11. The van der Waals surface area contributed by atoms with E-state index in [2.05, 4.69) is 8.37 Å². The Morgan fingerprint density at radius 2 is 1.17 bits per heavy atom. The van der Waals surface area contributed by atoms with Crippen LogP contribution in [0.3, 0.4) is 0 Å². The number of carbonyl (C=O) groups excluding carboxylic acids is 1. The standard InChI is InChI=1S/CF2O7S2/c2-11(5,6)9-1(4)10-12(3,7)8. The molecule has 0 aromatic heterocycles. The summed E-state index contributed by atoms with van der Waals surface area (Å²) >= 11 is 0. The van der Waals surface area contributed by atoms with Crippen molar-refractivity contribution in [2.45, 2.75) is 0 Å². The Kier molecular flexibility index (Phi) is 2.93. The lowest BCUT2D eigenvalue weighted by molar-refractivity contribution is 0.151. The minimum atomic E-state index is -5.70. The van der Waals surface area contributed by atoms with Gasteiger partial charge in [0.05, 0.1) is 0 Å². The van der Waals surface area contributed by atoms with E-state index in [0.29, 0.717) is 0 Å². The second-order valence-electron chi connectivity index (χ2n) is 1.20. The average molecular weight is 226 g/mol. The molecule has 0 saturated heterocycles. The molecule has 0 unspecified atom stereocenters. The monoisotopic (exact) mass is 226 g/mol. The summed E-state index contributed by atoms with van der Waals surface area (Å²) in [6.45, 7) is 0. The highest BCUT2D eigenvalue weighted by atomic mass is 32.3. The van der Waals surface area contributed by atoms with Gasteiger partial charge in [-0.3, -0.25) is 8.37 Å².